The molecule has 0 unspecified atom stereocenters. The third-order valence-electron chi connectivity index (χ3n) is 2.54. The van der Waals surface area contributed by atoms with Gasteiger partial charge < -0.3 is 11.1 Å². The maximum atomic E-state index is 10.6. The molecule has 15 heavy (non-hydrogen) atoms. The number of aryl methyl sites for hydroxylation is 1. The van der Waals surface area contributed by atoms with Crippen molar-refractivity contribution in [3.05, 3.63) is 35.4 Å². The molecule has 3 N–H and O–H groups in total. The molecule has 0 saturated heterocycles. The molecule has 3 heteroatoms. The fourth-order valence-corrected chi connectivity index (χ4v) is 1.41. The highest BCUT2D eigenvalue weighted by atomic mass is 16.2. The highest BCUT2D eigenvalue weighted by molar-refractivity contribution is 5.71. The molecule has 0 aromatic heterocycles. The number of amides is 2. The number of nitrogens with two attached hydrogens (primary N) is 1. The Morgan fingerprint density at radius 1 is 1.33 bits per heavy atom. The van der Waals surface area contributed by atoms with Crippen LogP contribution < -0.4 is 11.1 Å². The second-order valence-corrected chi connectivity index (χ2v) is 4.47. The Hall–Kier alpha value is -1.51. The Morgan fingerprint density at radius 2 is 1.87 bits per heavy atom. The lowest BCUT2D eigenvalue weighted by atomic mass is 9.84. The van der Waals surface area contributed by atoms with Crippen LogP contribution in [-0.2, 0) is 5.41 Å². The van der Waals surface area contributed by atoms with Gasteiger partial charge in [-0.3, -0.25) is 0 Å². The predicted octanol–water partition coefficient (Wildman–Crippen LogP) is 1.94. The van der Waals surface area contributed by atoms with Crippen LogP contribution in [0.1, 0.15) is 25.0 Å². The molecular weight excluding hydrogens is 188 g/mol. The van der Waals surface area contributed by atoms with Crippen LogP contribution in [0.2, 0.25) is 0 Å². The molecule has 0 spiro atoms. The summed E-state index contributed by atoms with van der Waals surface area (Å²) in [6.45, 7) is 6.76. The molecule has 0 atom stereocenters. The predicted molar refractivity (Wildman–Crippen MR) is 61.8 cm³/mol. The quantitative estimate of drug-likeness (QED) is 0.780. The van der Waals surface area contributed by atoms with Gasteiger partial charge in [0.05, 0.1) is 0 Å². The molecule has 3 nitrogen and oxygen atoms in total. The number of hydrogen-bond acceptors (Lipinski definition) is 1. The topological polar surface area (TPSA) is 55.1 Å². The van der Waals surface area contributed by atoms with Crippen molar-refractivity contribution in [1.82, 2.24) is 5.32 Å². The van der Waals surface area contributed by atoms with Crippen LogP contribution in [0.4, 0.5) is 4.79 Å². The minimum atomic E-state index is -0.477. The van der Waals surface area contributed by atoms with Crippen molar-refractivity contribution in [3.63, 3.8) is 0 Å². The highest BCUT2D eigenvalue weighted by Gasteiger charge is 2.20. The first kappa shape index (κ1) is 11.6. The molecular formula is C12H18N2O. The zero-order chi connectivity index (χ0) is 11.5. The minimum absolute atomic E-state index is 0.0945. The van der Waals surface area contributed by atoms with E-state index < -0.39 is 6.03 Å². The van der Waals surface area contributed by atoms with Crippen LogP contribution in [0.25, 0.3) is 0 Å². The van der Waals surface area contributed by atoms with Gasteiger partial charge >= 0.3 is 6.03 Å². The lowest BCUT2D eigenvalue weighted by molar-refractivity contribution is 0.246. The molecule has 0 bridgehead atoms. The van der Waals surface area contributed by atoms with Crippen LogP contribution in [0.3, 0.4) is 0 Å². The molecule has 0 saturated carbocycles. The molecule has 82 valence electrons. The minimum Gasteiger partial charge on any atom is -0.352 e. The summed E-state index contributed by atoms with van der Waals surface area (Å²) in [4.78, 5) is 10.6. The van der Waals surface area contributed by atoms with Gasteiger partial charge in [-0.15, -0.1) is 0 Å². The smallest absolute Gasteiger partial charge is 0.312 e. The van der Waals surface area contributed by atoms with Gasteiger partial charge in [-0.2, -0.15) is 0 Å². The Labute approximate surface area is 90.7 Å². The van der Waals surface area contributed by atoms with E-state index in [1.165, 1.54) is 11.1 Å². The number of urea groups is 1. The van der Waals surface area contributed by atoms with Crippen LogP contribution in [0.5, 0.6) is 0 Å². The summed E-state index contributed by atoms with van der Waals surface area (Å²) in [5.74, 6) is 0. The number of carbonyl (C=O) groups excluding carboxylic acids is 1. The van der Waals surface area contributed by atoms with E-state index in [-0.39, 0.29) is 5.41 Å². The number of rotatable bonds is 3. The standard InChI is InChI=1S/C12H18N2O/c1-9-4-6-10(7-5-9)12(2,3)8-14-11(13)15/h4-7H,8H2,1-3H3,(H3,13,14,15). The van der Waals surface area contributed by atoms with Crippen molar-refractivity contribution < 1.29 is 4.79 Å². The van der Waals surface area contributed by atoms with E-state index in [0.29, 0.717) is 6.54 Å². The summed E-state index contributed by atoms with van der Waals surface area (Å²) < 4.78 is 0. The van der Waals surface area contributed by atoms with E-state index in [1.807, 2.05) is 0 Å². The number of hydrogen-bond donors (Lipinski definition) is 2. The van der Waals surface area contributed by atoms with Crippen molar-refractivity contribution >= 4 is 6.03 Å². The second-order valence-electron chi connectivity index (χ2n) is 4.47. The molecule has 1 rings (SSSR count). The van der Waals surface area contributed by atoms with Gasteiger partial charge in [-0.1, -0.05) is 43.7 Å². The zero-order valence-electron chi connectivity index (χ0n) is 9.50. The van der Waals surface area contributed by atoms with E-state index in [1.54, 1.807) is 0 Å². The summed E-state index contributed by atoms with van der Waals surface area (Å²) in [5, 5.41) is 2.64. The Bertz CT molecular complexity index is 341. The van der Waals surface area contributed by atoms with Crippen LogP contribution in [0, 0.1) is 6.92 Å². The van der Waals surface area contributed by atoms with Crippen molar-refractivity contribution in [2.24, 2.45) is 5.73 Å². The summed E-state index contributed by atoms with van der Waals surface area (Å²) in [7, 11) is 0. The molecule has 1 aromatic carbocycles. The average Bonchev–Trinajstić information content (AvgIpc) is 2.16. The number of primary amides is 1. The molecule has 1 aromatic rings. The lowest BCUT2D eigenvalue weighted by Crippen LogP contribution is -2.39. The van der Waals surface area contributed by atoms with Gasteiger partial charge in [-0.25, -0.2) is 4.79 Å². The van der Waals surface area contributed by atoms with Gasteiger partial charge in [0, 0.05) is 12.0 Å². The van der Waals surface area contributed by atoms with Crippen molar-refractivity contribution in [2.75, 3.05) is 6.54 Å². The summed E-state index contributed by atoms with van der Waals surface area (Å²) in [6.07, 6.45) is 0. The normalized spacial score (nSPS) is 11.1. The molecule has 0 aliphatic heterocycles. The molecule has 0 aliphatic carbocycles. The number of carbonyl (C=O) groups is 1. The fourth-order valence-electron chi connectivity index (χ4n) is 1.41. The molecule has 0 radical (unpaired) electrons. The molecule has 0 heterocycles. The van der Waals surface area contributed by atoms with Crippen molar-refractivity contribution in [3.8, 4) is 0 Å². The molecule has 0 aliphatic rings. The largest absolute Gasteiger partial charge is 0.352 e. The molecule has 2 amide bonds. The van der Waals surface area contributed by atoms with E-state index >= 15 is 0 Å². The van der Waals surface area contributed by atoms with Gasteiger partial charge in [0.1, 0.15) is 0 Å². The van der Waals surface area contributed by atoms with E-state index in [2.05, 4.69) is 50.4 Å². The first-order valence-corrected chi connectivity index (χ1v) is 5.02. The fraction of sp³-hybridized carbons (Fsp3) is 0.417. The first-order valence-electron chi connectivity index (χ1n) is 5.02. The summed E-state index contributed by atoms with van der Waals surface area (Å²) >= 11 is 0. The van der Waals surface area contributed by atoms with Gasteiger partial charge in [0.25, 0.3) is 0 Å². The number of benzene rings is 1. The summed E-state index contributed by atoms with van der Waals surface area (Å²) in [6, 6.07) is 7.83. The first-order chi connectivity index (χ1) is 6.92. The zero-order valence-corrected chi connectivity index (χ0v) is 9.50. The van der Waals surface area contributed by atoms with Gasteiger partial charge in [0.2, 0.25) is 0 Å². The average molecular weight is 206 g/mol. The van der Waals surface area contributed by atoms with Gasteiger partial charge in [0.15, 0.2) is 0 Å². The monoisotopic (exact) mass is 206 g/mol. The summed E-state index contributed by atoms with van der Waals surface area (Å²) in [5.41, 5.74) is 7.39. The Balaban J connectivity index is 2.76. The highest BCUT2D eigenvalue weighted by Crippen LogP contribution is 2.22. The van der Waals surface area contributed by atoms with E-state index in [9.17, 15) is 4.79 Å². The number of nitrogens with one attached hydrogen (secondary N) is 1. The van der Waals surface area contributed by atoms with E-state index in [0.717, 1.165) is 0 Å². The molecule has 0 fully saturated rings. The third kappa shape index (κ3) is 3.27. The van der Waals surface area contributed by atoms with Crippen molar-refractivity contribution in [2.45, 2.75) is 26.2 Å². The van der Waals surface area contributed by atoms with Crippen molar-refractivity contribution in [1.29, 1.82) is 0 Å². The third-order valence-corrected chi connectivity index (χ3v) is 2.54. The maximum Gasteiger partial charge on any atom is 0.312 e. The SMILES string of the molecule is Cc1ccc(C(C)(C)CNC(N)=O)cc1. The van der Waals surface area contributed by atoms with E-state index in [4.69, 9.17) is 5.73 Å². The van der Waals surface area contributed by atoms with Gasteiger partial charge in [-0.05, 0) is 12.5 Å². The second kappa shape index (κ2) is 4.34. The van der Waals surface area contributed by atoms with Crippen LogP contribution in [-0.4, -0.2) is 12.6 Å². The lowest BCUT2D eigenvalue weighted by Gasteiger charge is -2.25. The maximum absolute atomic E-state index is 10.6. The Morgan fingerprint density at radius 3 is 2.33 bits per heavy atom. The Kier molecular flexibility index (Phi) is 3.35. The van der Waals surface area contributed by atoms with Crippen LogP contribution in [0.15, 0.2) is 24.3 Å². The van der Waals surface area contributed by atoms with Crippen LogP contribution >= 0.6 is 0 Å².